The second-order valence-corrected chi connectivity index (χ2v) is 6.04. The first-order valence-electron chi connectivity index (χ1n) is 8.72. The minimum Gasteiger partial charge on any atom is -0.497 e. The van der Waals surface area contributed by atoms with Crippen LogP contribution in [0.3, 0.4) is 0 Å². The first-order chi connectivity index (χ1) is 13.1. The third kappa shape index (κ3) is 4.41. The van der Waals surface area contributed by atoms with Gasteiger partial charge in [-0.05, 0) is 43.7 Å². The molecule has 6 heteroatoms. The van der Waals surface area contributed by atoms with Gasteiger partial charge in [-0.1, -0.05) is 18.2 Å². The second-order valence-electron chi connectivity index (χ2n) is 6.04. The van der Waals surface area contributed by atoms with Crippen molar-refractivity contribution in [2.75, 3.05) is 23.9 Å². The lowest BCUT2D eigenvalue weighted by Crippen LogP contribution is -2.20. The Hall–Kier alpha value is -3.41. The summed E-state index contributed by atoms with van der Waals surface area (Å²) in [4.78, 5) is 23.2. The van der Waals surface area contributed by atoms with Crippen molar-refractivity contribution in [3.8, 4) is 5.75 Å². The van der Waals surface area contributed by atoms with Gasteiger partial charge in [-0.2, -0.15) is 0 Å². The second kappa shape index (κ2) is 8.31. The molecular formula is C21H22N4O2. The minimum atomic E-state index is -0.270. The van der Waals surface area contributed by atoms with Crippen molar-refractivity contribution in [1.29, 1.82) is 0 Å². The van der Waals surface area contributed by atoms with E-state index in [9.17, 15) is 4.79 Å². The number of nitrogens with zero attached hydrogens (tertiary/aromatic N) is 3. The van der Waals surface area contributed by atoms with Gasteiger partial charge in [0.1, 0.15) is 5.75 Å². The summed E-state index contributed by atoms with van der Waals surface area (Å²) in [7, 11) is 1.58. The van der Waals surface area contributed by atoms with Crippen molar-refractivity contribution in [3.05, 3.63) is 72.1 Å². The Labute approximate surface area is 158 Å². The van der Waals surface area contributed by atoms with Gasteiger partial charge in [-0.15, -0.1) is 0 Å². The summed E-state index contributed by atoms with van der Waals surface area (Å²) in [6.07, 6.45) is 3.08. The molecule has 0 saturated carbocycles. The third-order valence-corrected chi connectivity index (χ3v) is 4.10. The number of anilines is 3. The third-order valence-electron chi connectivity index (χ3n) is 4.10. The molecule has 0 bridgehead atoms. The van der Waals surface area contributed by atoms with Crippen LogP contribution in [0.1, 0.15) is 22.8 Å². The maximum Gasteiger partial charge on any atom is 0.258 e. The highest BCUT2D eigenvalue weighted by Gasteiger charge is 2.13. The number of rotatable bonds is 6. The number of benzene rings is 2. The van der Waals surface area contributed by atoms with Crippen LogP contribution in [0, 0.1) is 6.92 Å². The molecule has 0 fully saturated rings. The molecule has 0 spiro atoms. The number of aromatic nitrogens is 2. The van der Waals surface area contributed by atoms with Crippen molar-refractivity contribution in [3.63, 3.8) is 0 Å². The number of nitrogens with one attached hydrogen (secondary N) is 1. The van der Waals surface area contributed by atoms with Crippen molar-refractivity contribution in [2.45, 2.75) is 13.8 Å². The lowest BCUT2D eigenvalue weighted by molar-refractivity contribution is 0.102. The SMILES string of the molecule is CCN(c1cccc(C)c1)c1ncc(C(=O)Nc2cccc(OC)c2)cn1. The molecule has 0 aliphatic carbocycles. The molecule has 138 valence electrons. The van der Waals surface area contributed by atoms with Gasteiger partial charge < -0.3 is 15.0 Å². The summed E-state index contributed by atoms with van der Waals surface area (Å²) in [5.41, 5.74) is 3.23. The van der Waals surface area contributed by atoms with Crippen LogP contribution < -0.4 is 15.0 Å². The van der Waals surface area contributed by atoms with Gasteiger partial charge in [-0.25, -0.2) is 9.97 Å². The van der Waals surface area contributed by atoms with Crippen LogP contribution in [-0.4, -0.2) is 29.5 Å². The summed E-state index contributed by atoms with van der Waals surface area (Å²) in [6.45, 7) is 4.80. The maximum absolute atomic E-state index is 12.4. The zero-order valence-corrected chi connectivity index (χ0v) is 15.6. The fourth-order valence-electron chi connectivity index (χ4n) is 2.72. The molecule has 1 heterocycles. The first kappa shape index (κ1) is 18.4. The molecule has 0 atom stereocenters. The van der Waals surface area contributed by atoms with Crippen LogP contribution in [0.5, 0.6) is 5.75 Å². The van der Waals surface area contributed by atoms with E-state index in [1.54, 1.807) is 19.2 Å². The topological polar surface area (TPSA) is 67.4 Å². The molecule has 27 heavy (non-hydrogen) atoms. The van der Waals surface area contributed by atoms with Gasteiger partial charge in [-0.3, -0.25) is 4.79 Å². The van der Waals surface area contributed by atoms with Gasteiger partial charge in [0.25, 0.3) is 5.91 Å². The molecule has 6 nitrogen and oxygen atoms in total. The maximum atomic E-state index is 12.4. The summed E-state index contributed by atoms with van der Waals surface area (Å²) in [5, 5.41) is 2.82. The number of amides is 1. The number of ether oxygens (including phenoxy) is 1. The predicted molar refractivity (Wildman–Crippen MR) is 107 cm³/mol. The average molecular weight is 362 g/mol. The standard InChI is InChI=1S/C21H22N4O2/c1-4-25(18-9-5-7-15(2)11-18)21-22-13-16(14-23-21)20(26)24-17-8-6-10-19(12-17)27-3/h5-14H,4H2,1-3H3,(H,24,26). The minimum absolute atomic E-state index is 0.270. The molecule has 0 aliphatic heterocycles. The van der Waals surface area contributed by atoms with E-state index < -0.39 is 0 Å². The monoisotopic (exact) mass is 362 g/mol. The van der Waals surface area contributed by atoms with Crippen LogP contribution in [0.25, 0.3) is 0 Å². The molecule has 1 aromatic heterocycles. The summed E-state index contributed by atoms with van der Waals surface area (Å²) in [5.74, 6) is 0.963. The Morgan fingerprint density at radius 1 is 1.11 bits per heavy atom. The van der Waals surface area contributed by atoms with E-state index in [2.05, 4.69) is 21.4 Å². The van der Waals surface area contributed by atoms with Crippen LogP contribution in [0.4, 0.5) is 17.3 Å². The van der Waals surface area contributed by atoms with E-state index in [-0.39, 0.29) is 5.91 Å². The van der Waals surface area contributed by atoms with Gasteiger partial charge in [0.15, 0.2) is 0 Å². The van der Waals surface area contributed by atoms with E-state index in [0.29, 0.717) is 22.9 Å². The van der Waals surface area contributed by atoms with E-state index >= 15 is 0 Å². The van der Waals surface area contributed by atoms with Crippen LogP contribution >= 0.6 is 0 Å². The highest BCUT2D eigenvalue weighted by Crippen LogP contribution is 2.23. The number of carbonyl (C=O) groups excluding carboxylic acids is 1. The van der Waals surface area contributed by atoms with Crippen molar-refractivity contribution in [1.82, 2.24) is 9.97 Å². The number of methoxy groups -OCH3 is 1. The number of carbonyl (C=O) groups is 1. The largest absolute Gasteiger partial charge is 0.497 e. The normalized spacial score (nSPS) is 10.3. The molecular weight excluding hydrogens is 340 g/mol. The Kier molecular flexibility index (Phi) is 5.66. The van der Waals surface area contributed by atoms with Gasteiger partial charge >= 0.3 is 0 Å². The Morgan fingerprint density at radius 3 is 2.52 bits per heavy atom. The molecule has 3 aromatic rings. The molecule has 3 rings (SSSR count). The Morgan fingerprint density at radius 2 is 1.85 bits per heavy atom. The van der Waals surface area contributed by atoms with Crippen molar-refractivity contribution < 1.29 is 9.53 Å². The number of hydrogen-bond donors (Lipinski definition) is 1. The molecule has 1 N–H and O–H groups in total. The lowest BCUT2D eigenvalue weighted by atomic mass is 10.2. The molecule has 1 amide bonds. The van der Waals surface area contributed by atoms with E-state index in [1.165, 1.54) is 18.0 Å². The van der Waals surface area contributed by atoms with Gasteiger partial charge in [0.05, 0.1) is 12.7 Å². The predicted octanol–water partition coefficient (Wildman–Crippen LogP) is 4.20. The fraction of sp³-hybridized carbons (Fsp3) is 0.190. The van der Waals surface area contributed by atoms with E-state index in [4.69, 9.17) is 4.74 Å². The molecule has 0 saturated heterocycles. The zero-order chi connectivity index (χ0) is 19.2. The Bertz CT molecular complexity index is 925. The first-order valence-corrected chi connectivity index (χ1v) is 8.72. The van der Waals surface area contributed by atoms with Crippen LogP contribution in [0.15, 0.2) is 60.9 Å². The zero-order valence-electron chi connectivity index (χ0n) is 15.6. The smallest absolute Gasteiger partial charge is 0.258 e. The highest BCUT2D eigenvalue weighted by molar-refractivity contribution is 6.04. The molecule has 2 aromatic carbocycles. The molecule has 0 aliphatic rings. The van der Waals surface area contributed by atoms with Gasteiger partial charge in [0.2, 0.25) is 5.95 Å². The number of aryl methyl sites for hydroxylation is 1. The summed E-state index contributed by atoms with van der Waals surface area (Å²) < 4.78 is 5.17. The quantitative estimate of drug-likeness (QED) is 0.712. The molecule has 0 unspecified atom stereocenters. The summed E-state index contributed by atoms with van der Waals surface area (Å²) >= 11 is 0. The highest BCUT2D eigenvalue weighted by atomic mass is 16.5. The Balaban J connectivity index is 1.76. The van der Waals surface area contributed by atoms with Gasteiger partial charge in [0, 0.05) is 36.4 Å². The van der Waals surface area contributed by atoms with E-state index in [0.717, 1.165) is 12.2 Å². The van der Waals surface area contributed by atoms with Crippen molar-refractivity contribution in [2.24, 2.45) is 0 Å². The molecule has 0 radical (unpaired) electrons. The van der Waals surface area contributed by atoms with Crippen molar-refractivity contribution >= 4 is 23.2 Å². The van der Waals surface area contributed by atoms with Crippen LogP contribution in [-0.2, 0) is 0 Å². The fourth-order valence-corrected chi connectivity index (χ4v) is 2.72. The van der Waals surface area contributed by atoms with Crippen LogP contribution in [0.2, 0.25) is 0 Å². The number of hydrogen-bond acceptors (Lipinski definition) is 5. The average Bonchev–Trinajstić information content (AvgIpc) is 2.69. The van der Waals surface area contributed by atoms with E-state index in [1.807, 2.05) is 49.1 Å². The lowest BCUT2D eigenvalue weighted by Gasteiger charge is -2.21. The summed E-state index contributed by atoms with van der Waals surface area (Å²) in [6, 6.07) is 15.3.